The van der Waals surface area contributed by atoms with E-state index >= 15 is 0 Å². The molecule has 0 aliphatic rings. The first-order valence-corrected chi connectivity index (χ1v) is 7.37. The second-order valence-corrected chi connectivity index (χ2v) is 5.64. The second kappa shape index (κ2) is 6.02. The third-order valence-corrected chi connectivity index (χ3v) is 4.34. The van der Waals surface area contributed by atoms with Crippen LogP contribution in [0.5, 0.6) is 0 Å². The summed E-state index contributed by atoms with van der Waals surface area (Å²) in [5, 5.41) is 12.5. The van der Waals surface area contributed by atoms with E-state index in [0.29, 0.717) is 16.5 Å². The second-order valence-electron chi connectivity index (χ2n) is 4.85. The first-order chi connectivity index (χ1) is 10.2. The molecule has 0 saturated carbocycles. The standard InChI is InChI=1S/C17H13Cl2NO/c18-14-7-1-4-11(17(14)19)10-16(21)13-5-2-8-15-12(13)6-3-9-20-15/h1-9,16,21H,10H2. The van der Waals surface area contributed by atoms with E-state index < -0.39 is 6.10 Å². The van der Waals surface area contributed by atoms with Gasteiger partial charge in [-0.2, -0.15) is 0 Å². The number of halogens is 2. The molecule has 0 fully saturated rings. The summed E-state index contributed by atoms with van der Waals surface area (Å²) in [5.41, 5.74) is 2.54. The Morgan fingerprint density at radius 1 is 1.00 bits per heavy atom. The van der Waals surface area contributed by atoms with Crippen molar-refractivity contribution < 1.29 is 5.11 Å². The summed E-state index contributed by atoms with van der Waals surface area (Å²) < 4.78 is 0. The van der Waals surface area contributed by atoms with E-state index in [4.69, 9.17) is 23.2 Å². The molecule has 0 amide bonds. The fourth-order valence-electron chi connectivity index (χ4n) is 2.44. The van der Waals surface area contributed by atoms with Crippen molar-refractivity contribution in [3.63, 3.8) is 0 Å². The van der Waals surface area contributed by atoms with E-state index in [0.717, 1.165) is 22.0 Å². The Labute approximate surface area is 133 Å². The zero-order valence-electron chi connectivity index (χ0n) is 11.1. The van der Waals surface area contributed by atoms with E-state index in [2.05, 4.69) is 4.98 Å². The Bertz CT molecular complexity index is 783. The number of rotatable bonds is 3. The number of hydrogen-bond donors (Lipinski definition) is 1. The molecule has 1 unspecified atom stereocenters. The van der Waals surface area contributed by atoms with E-state index in [1.54, 1.807) is 12.3 Å². The minimum atomic E-state index is -0.658. The zero-order chi connectivity index (χ0) is 14.8. The highest BCUT2D eigenvalue weighted by Gasteiger charge is 2.14. The third kappa shape index (κ3) is 2.88. The van der Waals surface area contributed by atoms with Gasteiger partial charge in [-0.25, -0.2) is 0 Å². The molecule has 0 saturated heterocycles. The van der Waals surface area contributed by atoms with E-state index in [1.807, 2.05) is 42.5 Å². The molecule has 1 aromatic heterocycles. The SMILES string of the molecule is OC(Cc1cccc(Cl)c1Cl)c1cccc2ncccc12. The minimum Gasteiger partial charge on any atom is -0.388 e. The molecule has 4 heteroatoms. The lowest BCUT2D eigenvalue weighted by Crippen LogP contribution is -2.03. The first kappa shape index (κ1) is 14.3. The number of hydrogen-bond acceptors (Lipinski definition) is 2. The van der Waals surface area contributed by atoms with Crippen molar-refractivity contribution in [2.24, 2.45) is 0 Å². The molecule has 0 bridgehead atoms. The molecular weight excluding hydrogens is 305 g/mol. The van der Waals surface area contributed by atoms with Crippen molar-refractivity contribution >= 4 is 34.1 Å². The number of aliphatic hydroxyl groups excluding tert-OH is 1. The van der Waals surface area contributed by atoms with Gasteiger partial charge in [-0.15, -0.1) is 0 Å². The highest BCUT2D eigenvalue weighted by atomic mass is 35.5. The summed E-state index contributed by atoms with van der Waals surface area (Å²) >= 11 is 12.2. The molecule has 0 spiro atoms. The molecule has 3 aromatic rings. The van der Waals surface area contributed by atoms with Gasteiger partial charge in [0.25, 0.3) is 0 Å². The van der Waals surface area contributed by atoms with Gasteiger partial charge in [0.2, 0.25) is 0 Å². The third-order valence-electron chi connectivity index (χ3n) is 3.48. The molecular formula is C17H13Cl2NO. The number of benzene rings is 2. The van der Waals surface area contributed by atoms with Crippen LogP contribution in [0, 0.1) is 0 Å². The van der Waals surface area contributed by atoms with Gasteiger partial charge in [-0.3, -0.25) is 4.98 Å². The summed E-state index contributed by atoms with van der Waals surface area (Å²) in [6, 6.07) is 15.0. The summed E-state index contributed by atoms with van der Waals surface area (Å²) in [6.07, 6.45) is 1.49. The average Bonchev–Trinajstić information content (AvgIpc) is 2.51. The maximum Gasteiger partial charge on any atom is 0.0837 e. The molecule has 0 radical (unpaired) electrons. The smallest absolute Gasteiger partial charge is 0.0837 e. The Kier molecular flexibility index (Phi) is 4.11. The molecule has 0 aliphatic carbocycles. The van der Waals surface area contributed by atoms with Crippen LogP contribution in [0.4, 0.5) is 0 Å². The van der Waals surface area contributed by atoms with Crippen LogP contribution in [0.25, 0.3) is 10.9 Å². The van der Waals surface area contributed by atoms with Gasteiger partial charge in [0.05, 0.1) is 21.7 Å². The average molecular weight is 318 g/mol. The Morgan fingerprint density at radius 2 is 1.81 bits per heavy atom. The molecule has 2 nitrogen and oxygen atoms in total. The lowest BCUT2D eigenvalue weighted by atomic mass is 9.98. The van der Waals surface area contributed by atoms with Crippen LogP contribution in [0.1, 0.15) is 17.2 Å². The molecule has 21 heavy (non-hydrogen) atoms. The Morgan fingerprint density at radius 3 is 2.67 bits per heavy atom. The molecule has 1 N–H and O–H groups in total. The number of pyridine rings is 1. The van der Waals surface area contributed by atoms with Gasteiger partial charge in [0, 0.05) is 18.0 Å². The van der Waals surface area contributed by atoms with Gasteiger partial charge in [-0.1, -0.05) is 53.5 Å². The van der Waals surface area contributed by atoms with Crippen molar-refractivity contribution in [2.45, 2.75) is 12.5 Å². The molecule has 0 aliphatic heterocycles. The van der Waals surface area contributed by atoms with Crippen molar-refractivity contribution in [1.29, 1.82) is 0 Å². The maximum atomic E-state index is 10.6. The molecule has 1 heterocycles. The van der Waals surface area contributed by atoms with Crippen LogP contribution in [0.15, 0.2) is 54.7 Å². The van der Waals surface area contributed by atoms with Crippen LogP contribution in [-0.2, 0) is 6.42 Å². The summed E-state index contributed by atoms with van der Waals surface area (Å²) in [4.78, 5) is 4.30. The van der Waals surface area contributed by atoms with Crippen LogP contribution in [-0.4, -0.2) is 10.1 Å². The Balaban J connectivity index is 1.97. The van der Waals surface area contributed by atoms with Crippen molar-refractivity contribution in [3.8, 4) is 0 Å². The molecule has 1 atom stereocenters. The van der Waals surface area contributed by atoms with Gasteiger partial charge in [0.1, 0.15) is 0 Å². The quantitative estimate of drug-likeness (QED) is 0.751. The molecule has 3 rings (SSSR count). The molecule has 106 valence electrons. The maximum absolute atomic E-state index is 10.6. The van der Waals surface area contributed by atoms with E-state index in [-0.39, 0.29) is 0 Å². The topological polar surface area (TPSA) is 33.1 Å². The zero-order valence-corrected chi connectivity index (χ0v) is 12.6. The van der Waals surface area contributed by atoms with Crippen LogP contribution in [0.3, 0.4) is 0 Å². The van der Waals surface area contributed by atoms with Crippen molar-refractivity contribution in [1.82, 2.24) is 4.98 Å². The fourth-order valence-corrected chi connectivity index (χ4v) is 2.84. The molecule has 2 aromatic carbocycles. The van der Waals surface area contributed by atoms with Gasteiger partial charge >= 0.3 is 0 Å². The van der Waals surface area contributed by atoms with E-state index in [9.17, 15) is 5.11 Å². The summed E-state index contributed by atoms with van der Waals surface area (Å²) in [7, 11) is 0. The Hall–Kier alpha value is -1.61. The number of aliphatic hydroxyl groups is 1. The van der Waals surface area contributed by atoms with Crippen molar-refractivity contribution in [3.05, 3.63) is 75.9 Å². The number of fused-ring (bicyclic) bond motifs is 1. The predicted molar refractivity (Wildman–Crippen MR) is 86.9 cm³/mol. The minimum absolute atomic E-state index is 0.410. The normalized spacial score (nSPS) is 12.5. The lowest BCUT2D eigenvalue weighted by molar-refractivity contribution is 0.180. The van der Waals surface area contributed by atoms with Crippen LogP contribution in [0.2, 0.25) is 10.0 Å². The van der Waals surface area contributed by atoms with Gasteiger partial charge < -0.3 is 5.11 Å². The summed E-state index contributed by atoms with van der Waals surface area (Å²) in [5.74, 6) is 0. The van der Waals surface area contributed by atoms with Crippen molar-refractivity contribution in [2.75, 3.05) is 0 Å². The highest BCUT2D eigenvalue weighted by Crippen LogP contribution is 2.31. The lowest BCUT2D eigenvalue weighted by Gasteiger charge is -2.15. The monoisotopic (exact) mass is 317 g/mol. The van der Waals surface area contributed by atoms with E-state index in [1.165, 1.54) is 0 Å². The van der Waals surface area contributed by atoms with Crippen LogP contribution < -0.4 is 0 Å². The van der Waals surface area contributed by atoms with Gasteiger partial charge in [0.15, 0.2) is 0 Å². The largest absolute Gasteiger partial charge is 0.388 e. The fraction of sp³-hybridized carbons (Fsp3) is 0.118. The van der Waals surface area contributed by atoms with Crippen LogP contribution >= 0.6 is 23.2 Å². The predicted octanol–water partition coefficient (Wildman–Crippen LogP) is 4.82. The number of nitrogens with zero attached hydrogens (tertiary/aromatic N) is 1. The first-order valence-electron chi connectivity index (χ1n) is 6.61. The highest BCUT2D eigenvalue weighted by molar-refractivity contribution is 6.42. The number of aromatic nitrogens is 1. The van der Waals surface area contributed by atoms with Gasteiger partial charge in [-0.05, 0) is 29.3 Å². The summed E-state index contributed by atoms with van der Waals surface area (Å²) in [6.45, 7) is 0.